The molecule has 0 aromatic heterocycles. The van der Waals surface area contributed by atoms with Crippen LogP contribution in [0.4, 0.5) is 4.79 Å². The normalized spacial score (nSPS) is 30.5. The fourth-order valence-corrected chi connectivity index (χ4v) is 2.61. The maximum atomic E-state index is 11.8. The molecule has 0 aromatic rings. The second-order valence-electron chi connectivity index (χ2n) is 4.75. The highest BCUT2D eigenvalue weighted by molar-refractivity contribution is 5.83. The minimum Gasteiger partial charge on any atom is -0.465 e. The van der Waals surface area contributed by atoms with Crippen LogP contribution in [0.5, 0.6) is 0 Å². The number of hydrogen-bond acceptors (Lipinski definition) is 3. The van der Waals surface area contributed by atoms with Crippen LogP contribution >= 0.6 is 0 Å². The van der Waals surface area contributed by atoms with Gasteiger partial charge in [0.15, 0.2) is 0 Å². The Morgan fingerprint density at radius 2 is 1.82 bits per heavy atom. The summed E-state index contributed by atoms with van der Waals surface area (Å²) >= 11 is 0. The first-order valence-corrected chi connectivity index (χ1v) is 6.03. The van der Waals surface area contributed by atoms with Gasteiger partial charge in [0.2, 0.25) is 5.91 Å². The zero-order valence-electron chi connectivity index (χ0n) is 9.71. The van der Waals surface area contributed by atoms with Gasteiger partial charge in [-0.2, -0.15) is 0 Å². The van der Waals surface area contributed by atoms with Gasteiger partial charge in [-0.05, 0) is 25.7 Å². The maximum Gasteiger partial charge on any atom is 0.407 e. The van der Waals surface area contributed by atoms with Gasteiger partial charge in [-0.25, -0.2) is 4.79 Å². The van der Waals surface area contributed by atoms with Crippen LogP contribution in [0.3, 0.4) is 0 Å². The fraction of sp³-hybridized carbons (Fsp3) is 0.818. The van der Waals surface area contributed by atoms with E-state index in [2.05, 4.69) is 0 Å². The van der Waals surface area contributed by atoms with Crippen LogP contribution in [0, 0.1) is 0 Å². The molecule has 6 heteroatoms. The molecule has 2 rings (SSSR count). The van der Waals surface area contributed by atoms with E-state index in [1.165, 1.54) is 0 Å². The molecule has 2 aliphatic rings. The quantitative estimate of drug-likeness (QED) is 0.684. The third kappa shape index (κ3) is 2.69. The summed E-state index contributed by atoms with van der Waals surface area (Å²) in [6.07, 6.45) is 1.84. The number of hydrogen-bond donors (Lipinski definition) is 2. The van der Waals surface area contributed by atoms with Crippen molar-refractivity contribution < 1.29 is 19.8 Å². The van der Waals surface area contributed by atoms with E-state index in [1.807, 2.05) is 0 Å². The smallest absolute Gasteiger partial charge is 0.407 e. The highest BCUT2D eigenvalue weighted by Gasteiger charge is 2.33. The van der Waals surface area contributed by atoms with Crippen molar-refractivity contribution in [2.45, 2.75) is 37.8 Å². The summed E-state index contributed by atoms with van der Waals surface area (Å²) in [5, 5.41) is 18.2. The number of rotatable bonds is 1. The lowest BCUT2D eigenvalue weighted by atomic mass is 9.91. The summed E-state index contributed by atoms with van der Waals surface area (Å²) < 4.78 is 0. The molecule has 0 aromatic carbocycles. The van der Waals surface area contributed by atoms with Gasteiger partial charge in [0.05, 0.1) is 6.10 Å². The van der Waals surface area contributed by atoms with Crippen molar-refractivity contribution in [3.63, 3.8) is 0 Å². The molecule has 0 spiro atoms. The van der Waals surface area contributed by atoms with Crippen molar-refractivity contribution >= 4 is 12.0 Å². The Kier molecular flexibility index (Phi) is 3.51. The number of aliphatic hydroxyl groups is 1. The molecule has 0 atom stereocenters. The number of aliphatic hydroxyl groups excluding tert-OH is 1. The van der Waals surface area contributed by atoms with Crippen molar-refractivity contribution in [2.75, 3.05) is 19.6 Å². The van der Waals surface area contributed by atoms with Gasteiger partial charge in [-0.15, -0.1) is 0 Å². The Hall–Kier alpha value is -1.30. The third-order valence-corrected chi connectivity index (χ3v) is 3.63. The molecule has 6 nitrogen and oxygen atoms in total. The molecule has 2 N–H and O–H groups in total. The molecular weight excluding hydrogens is 224 g/mol. The van der Waals surface area contributed by atoms with E-state index in [0.29, 0.717) is 13.1 Å². The Morgan fingerprint density at radius 1 is 1.18 bits per heavy atom. The first-order chi connectivity index (χ1) is 8.08. The summed E-state index contributed by atoms with van der Waals surface area (Å²) in [6.45, 7) is 0.834. The van der Waals surface area contributed by atoms with E-state index in [-0.39, 0.29) is 24.6 Å². The molecule has 1 saturated carbocycles. The molecular formula is C11H18N2O4. The van der Waals surface area contributed by atoms with E-state index < -0.39 is 6.09 Å². The molecule has 0 bridgehead atoms. The summed E-state index contributed by atoms with van der Waals surface area (Å²) in [7, 11) is 0. The van der Waals surface area contributed by atoms with Gasteiger partial charge in [0, 0.05) is 19.1 Å². The zero-order valence-corrected chi connectivity index (χ0v) is 9.71. The predicted molar refractivity (Wildman–Crippen MR) is 59.6 cm³/mol. The Bertz CT molecular complexity index is 313. The second-order valence-corrected chi connectivity index (χ2v) is 4.75. The van der Waals surface area contributed by atoms with E-state index in [1.54, 1.807) is 4.90 Å². The van der Waals surface area contributed by atoms with Gasteiger partial charge >= 0.3 is 6.09 Å². The molecule has 17 heavy (non-hydrogen) atoms. The Morgan fingerprint density at radius 3 is 2.35 bits per heavy atom. The van der Waals surface area contributed by atoms with Crippen molar-refractivity contribution in [3.8, 4) is 0 Å². The lowest BCUT2D eigenvalue weighted by Crippen LogP contribution is -2.55. The van der Waals surface area contributed by atoms with E-state index in [4.69, 9.17) is 5.11 Å². The largest absolute Gasteiger partial charge is 0.465 e. The second kappa shape index (κ2) is 4.91. The number of carbonyl (C=O) groups excluding carboxylic acids is 1. The monoisotopic (exact) mass is 242 g/mol. The van der Waals surface area contributed by atoms with Crippen molar-refractivity contribution in [3.05, 3.63) is 0 Å². The average Bonchev–Trinajstić information content (AvgIpc) is 2.30. The van der Waals surface area contributed by atoms with Crippen molar-refractivity contribution in [2.24, 2.45) is 0 Å². The number of amides is 2. The van der Waals surface area contributed by atoms with Crippen LogP contribution < -0.4 is 0 Å². The van der Waals surface area contributed by atoms with Gasteiger partial charge in [0.1, 0.15) is 6.54 Å². The number of nitrogens with zero attached hydrogens (tertiary/aromatic N) is 2. The summed E-state index contributed by atoms with van der Waals surface area (Å²) in [4.78, 5) is 25.5. The van der Waals surface area contributed by atoms with Gasteiger partial charge in [-0.1, -0.05) is 0 Å². The predicted octanol–water partition coefficient (Wildman–Crippen LogP) is 0.112. The molecule has 0 unspecified atom stereocenters. The molecule has 2 fully saturated rings. The zero-order chi connectivity index (χ0) is 12.4. The van der Waals surface area contributed by atoms with Gasteiger partial charge < -0.3 is 15.1 Å². The maximum absolute atomic E-state index is 11.8. The van der Waals surface area contributed by atoms with Crippen molar-refractivity contribution in [1.29, 1.82) is 0 Å². The summed E-state index contributed by atoms with van der Waals surface area (Å²) in [6, 6.07) is 0.182. The first kappa shape index (κ1) is 12.2. The Balaban J connectivity index is 1.91. The van der Waals surface area contributed by atoms with Crippen LogP contribution in [0.25, 0.3) is 0 Å². The summed E-state index contributed by atoms with van der Waals surface area (Å²) in [5.74, 6) is -0.111. The van der Waals surface area contributed by atoms with Crippen LogP contribution in [0.2, 0.25) is 0 Å². The van der Waals surface area contributed by atoms with Crippen LogP contribution in [0.1, 0.15) is 25.7 Å². The number of carbonyl (C=O) groups is 2. The average molecular weight is 242 g/mol. The molecule has 1 saturated heterocycles. The van der Waals surface area contributed by atoms with E-state index in [9.17, 15) is 14.7 Å². The first-order valence-electron chi connectivity index (χ1n) is 6.03. The van der Waals surface area contributed by atoms with Crippen LogP contribution in [-0.4, -0.2) is 63.8 Å². The molecule has 2 amide bonds. The van der Waals surface area contributed by atoms with Crippen molar-refractivity contribution in [1.82, 2.24) is 9.80 Å². The topological polar surface area (TPSA) is 81.1 Å². The van der Waals surface area contributed by atoms with E-state index in [0.717, 1.165) is 30.6 Å². The van der Waals surface area contributed by atoms with Gasteiger partial charge in [-0.3, -0.25) is 9.69 Å². The van der Waals surface area contributed by atoms with E-state index >= 15 is 0 Å². The minimum atomic E-state index is -1.03. The highest BCUT2D eigenvalue weighted by Crippen LogP contribution is 2.24. The molecule has 1 aliphatic heterocycles. The van der Waals surface area contributed by atoms with Gasteiger partial charge in [0.25, 0.3) is 0 Å². The Labute approximate surface area is 99.8 Å². The molecule has 96 valence electrons. The van der Waals surface area contributed by atoms with Crippen LogP contribution in [0.15, 0.2) is 0 Å². The molecule has 0 radical (unpaired) electrons. The minimum absolute atomic E-state index is 0.0333. The third-order valence-electron chi connectivity index (χ3n) is 3.63. The molecule has 1 heterocycles. The van der Waals surface area contributed by atoms with Crippen LogP contribution in [-0.2, 0) is 4.79 Å². The highest BCUT2D eigenvalue weighted by atomic mass is 16.4. The lowest BCUT2D eigenvalue weighted by Gasteiger charge is -2.40. The summed E-state index contributed by atoms with van der Waals surface area (Å²) in [5.41, 5.74) is 0. The standard InChI is InChI=1S/C11H18N2O4/c14-9-3-1-8(2-4-9)13-6-5-12(11(16)17)7-10(13)15/h8-9,14H,1-7H2,(H,16,17). The lowest BCUT2D eigenvalue weighted by molar-refractivity contribution is -0.139. The number of carboxylic acid groups (broad SMARTS) is 1. The molecule has 1 aliphatic carbocycles. The fourth-order valence-electron chi connectivity index (χ4n) is 2.61. The SMILES string of the molecule is O=C(O)N1CCN(C2CCC(O)CC2)C(=O)C1. The number of piperazine rings is 1.